The monoisotopic (exact) mass is 360 g/mol. The molecule has 0 unspecified atom stereocenters. The van der Waals surface area contributed by atoms with Crippen molar-refractivity contribution in [1.29, 1.82) is 0 Å². The zero-order chi connectivity index (χ0) is 19.3. The molecule has 0 rings (SSSR count). The third kappa shape index (κ3) is 14.9. The van der Waals surface area contributed by atoms with Crippen molar-refractivity contribution in [2.75, 3.05) is 40.1 Å². The van der Waals surface area contributed by atoms with Gasteiger partial charge >= 0.3 is 11.9 Å². The van der Waals surface area contributed by atoms with Crippen molar-refractivity contribution in [2.45, 2.75) is 60.3 Å². The van der Waals surface area contributed by atoms with E-state index in [4.69, 9.17) is 18.9 Å². The van der Waals surface area contributed by atoms with E-state index in [1.165, 1.54) is 14.0 Å². The molecule has 0 aromatic carbocycles. The Labute approximate surface area is 152 Å². The van der Waals surface area contributed by atoms with Crippen molar-refractivity contribution >= 4 is 11.9 Å². The Morgan fingerprint density at radius 2 is 1.36 bits per heavy atom. The molecular formula is C19H36O6. The van der Waals surface area contributed by atoms with E-state index < -0.39 is 0 Å². The number of ether oxygens (including phenoxy) is 4. The van der Waals surface area contributed by atoms with Crippen LogP contribution in [0, 0.1) is 10.8 Å². The highest BCUT2D eigenvalue weighted by molar-refractivity contribution is 5.69. The van der Waals surface area contributed by atoms with Crippen LogP contribution in [0.5, 0.6) is 0 Å². The van der Waals surface area contributed by atoms with Gasteiger partial charge in [-0.2, -0.15) is 0 Å². The molecular weight excluding hydrogens is 324 g/mol. The van der Waals surface area contributed by atoms with Gasteiger partial charge in [0, 0.05) is 38.8 Å². The largest absolute Gasteiger partial charge is 0.469 e. The Bertz CT molecular complexity index is 389. The van der Waals surface area contributed by atoms with Crippen LogP contribution >= 0.6 is 0 Å². The summed E-state index contributed by atoms with van der Waals surface area (Å²) in [5.41, 5.74) is -0.190. The van der Waals surface area contributed by atoms with Crippen molar-refractivity contribution in [3.63, 3.8) is 0 Å². The molecule has 0 atom stereocenters. The first-order chi connectivity index (χ1) is 11.6. The summed E-state index contributed by atoms with van der Waals surface area (Å²) in [6.07, 6.45) is 2.89. The number of carbonyl (C=O) groups excluding carboxylic acids is 2. The third-order valence-electron chi connectivity index (χ3n) is 3.94. The van der Waals surface area contributed by atoms with Gasteiger partial charge in [0.25, 0.3) is 0 Å². The fourth-order valence-corrected chi connectivity index (χ4v) is 2.08. The maximum absolute atomic E-state index is 11.3. The lowest BCUT2D eigenvalue weighted by molar-refractivity contribution is -0.144. The zero-order valence-corrected chi connectivity index (χ0v) is 16.8. The minimum Gasteiger partial charge on any atom is -0.469 e. The van der Waals surface area contributed by atoms with Crippen LogP contribution < -0.4 is 0 Å². The topological polar surface area (TPSA) is 71.1 Å². The average molecular weight is 360 g/mol. The molecule has 0 saturated heterocycles. The Morgan fingerprint density at radius 1 is 0.840 bits per heavy atom. The molecule has 0 spiro atoms. The Hall–Kier alpha value is -1.14. The van der Waals surface area contributed by atoms with Crippen molar-refractivity contribution < 1.29 is 28.5 Å². The van der Waals surface area contributed by atoms with Crippen molar-refractivity contribution in [2.24, 2.45) is 10.8 Å². The molecule has 6 heteroatoms. The molecule has 148 valence electrons. The van der Waals surface area contributed by atoms with Gasteiger partial charge in [0.1, 0.15) is 0 Å². The summed E-state index contributed by atoms with van der Waals surface area (Å²) in [6.45, 7) is 12.6. The van der Waals surface area contributed by atoms with Gasteiger partial charge in [-0.3, -0.25) is 9.59 Å². The SMILES string of the molecule is COC(=O)CC(C)(C)CCOCCCOCCC(C)(C)COC(C)=O. The predicted molar refractivity (Wildman–Crippen MR) is 96.3 cm³/mol. The normalized spacial score (nSPS) is 12.1. The summed E-state index contributed by atoms with van der Waals surface area (Å²) >= 11 is 0. The van der Waals surface area contributed by atoms with E-state index in [1.807, 2.05) is 13.8 Å². The van der Waals surface area contributed by atoms with Gasteiger partial charge in [-0.1, -0.05) is 27.7 Å². The number of rotatable bonds is 14. The van der Waals surface area contributed by atoms with Crippen LogP contribution in [0.15, 0.2) is 0 Å². The molecule has 0 saturated carbocycles. The Morgan fingerprint density at radius 3 is 1.84 bits per heavy atom. The fourth-order valence-electron chi connectivity index (χ4n) is 2.08. The molecule has 0 aliphatic heterocycles. The highest BCUT2D eigenvalue weighted by Crippen LogP contribution is 2.25. The van der Waals surface area contributed by atoms with E-state index in [1.54, 1.807) is 0 Å². The van der Waals surface area contributed by atoms with E-state index in [0.29, 0.717) is 39.5 Å². The van der Waals surface area contributed by atoms with Crippen LogP contribution in [0.25, 0.3) is 0 Å². The summed E-state index contributed by atoms with van der Waals surface area (Å²) in [7, 11) is 1.41. The molecule has 0 bridgehead atoms. The highest BCUT2D eigenvalue weighted by atomic mass is 16.5. The van der Waals surface area contributed by atoms with E-state index in [9.17, 15) is 9.59 Å². The predicted octanol–water partition coefficient (Wildman–Crippen LogP) is 3.37. The van der Waals surface area contributed by atoms with Gasteiger partial charge in [-0.05, 0) is 24.7 Å². The van der Waals surface area contributed by atoms with E-state index in [-0.39, 0.29) is 22.8 Å². The summed E-state index contributed by atoms with van der Waals surface area (Å²) < 4.78 is 21.0. The van der Waals surface area contributed by atoms with E-state index >= 15 is 0 Å². The quantitative estimate of drug-likeness (QED) is 0.349. The Kier molecular flexibility index (Phi) is 11.7. The van der Waals surface area contributed by atoms with Crippen LogP contribution in [-0.4, -0.2) is 52.1 Å². The highest BCUT2D eigenvalue weighted by Gasteiger charge is 2.22. The van der Waals surface area contributed by atoms with Crippen LogP contribution in [0.3, 0.4) is 0 Å². The molecule has 0 heterocycles. The van der Waals surface area contributed by atoms with Gasteiger partial charge in [0.15, 0.2) is 0 Å². The average Bonchev–Trinajstić information content (AvgIpc) is 2.50. The van der Waals surface area contributed by atoms with E-state index in [2.05, 4.69) is 13.8 Å². The number of hydrogen-bond acceptors (Lipinski definition) is 6. The van der Waals surface area contributed by atoms with Crippen LogP contribution in [-0.2, 0) is 28.5 Å². The summed E-state index contributed by atoms with van der Waals surface area (Å²) in [5.74, 6) is -0.434. The van der Waals surface area contributed by atoms with Crippen molar-refractivity contribution in [3.05, 3.63) is 0 Å². The molecule has 0 aliphatic rings. The first kappa shape index (κ1) is 23.9. The second-order valence-electron chi connectivity index (χ2n) is 7.94. The van der Waals surface area contributed by atoms with Crippen LogP contribution in [0.2, 0.25) is 0 Å². The standard InChI is InChI=1S/C19H36O6/c1-16(20)25-15-19(4,5)9-13-24-11-7-10-23-12-8-18(2,3)14-17(21)22-6/h7-15H2,1-6H3. The lowest BCUT2D eigenvalue weighted by Crippen LogP contribution is -2.23. The number of hydrogen-bond donors (Lipinski definition) is 0. The summed E-state index contributed by atoms with van der Waals surface area (Å²) in [5, 5.41) is 0. The Balaban J connectivity index is 3.58. The first-order valence-electron chi connectivity index (χ1n) is 8.94. The zero-order valence-electron chi connectivity index (χ0n) is 16.8. The summed E-state index contributed by atoms with van der Waals surface area (Å²) in [4.78, 5) is 22.1. The fraction of sp³-hybridized carbons (Fsp3) is 0.895. The smallest absolute Gasteiger partial charge is 0.306 e. The molecule has 25 heavy (non-hydrogen) atoms. The first-order valence-corrected chi connectivity index (χ1v) is 8.94. The van der Waals surface area contributed by atoms with E-state index in [0.717, 1.165) is 19.3 Å². The second kappa shape index (κ2) is 12.3. The molecule has 0 aromatic rings. The number of methoxy groups -OCH3 is 1. The van der Waals surface area contributed by atoms with Crippen LogP contribution in [0.1, 0.15) is 60.3 Å². The minimum absolute atomic E-state index is 0.0760. The van der Waals surface area contributed by atoms with Gasteiger partial charge in [-0.15, -0.1) is 0 Å². The van der Waals surface area contributed by atoms with Crippen molar-refractivity contribution in [3.8, 4) is 0 Å². The molecule has 0 aromatic heterocycles. The minimum atomic E-state index is -0.249. The van der Waals surface area contributed by atoms with Gasteiger partial charge in [0.05, 0.1) is 20.1 Å². The number of carbonyl (C=O) groups is 2. The molecule has 0 amide bonds. The lowest BCUT2D eigenvalue weighted by atomic mass is 9.86. The molecule has 0 N–H and O–H groups in total. The second-order valence-corrected chi connectivity index (χ2v) is 7.94. The van der Waals surface area contributed by atoms with Gasteiger partial charge in [0.2, 0.25) is 0 Å². The van der Waals surface area contributed by atoms with Gasteiger partial charge in [-0.25, -0.2) is 0 Å². The molecule has 6 nitrogen and oxygen atoms in total. The lowest BCUT2D eigenvalue weighted by Gasteiger charge is -2.23. The molecule has 0 radical (unpaired) electrons. The maximum Gasteiger partial charge on any atom is 0.306 e. The molecule has 0 fully saturated rings. The molecule has 0 aliphatic carbocycles. The van der Waals surface area contributed by atoms with Gasteiger partial charge < -0.3 is 18.9 Å². The third-order valence-corrected chi connectivity index (χ3v) is 3.94. The number of esters is 2. The van der Waals surface area contributed by atoms with Crippen molar-refractivity contribution in [1.82, 2.24) is 0 Å². The maximum atomic E-state index is 11.3. The summed E-state index contributed by atoms with van der Waals surface area (Å²) in [6, 6.07) is 0. The van der Waals surface area contributed by atoms with Crippen LogP contribution in [0.4, 0.5) is 0 Å².